The molecule has 0 atom stereocenters. The molecule has 2 N–H and O–H groups in total. The molecular weight excluding hydrogens is 212 g/mol. The first kappa shape index (κ1) is 12.4. The molecule has 1 aliphatic rings. The molecule has 3 heteroatoms. The maximum atomic E-state index is 9.27. The van der Waals surface area contributed by atoms with Crippen LogP contribution in [-0.2, 0) is 6.54 Å². The van der Waals surface area contributed by atoms with E-state index in [2.05, 4.69) is 24.1 Å². The average molecular weight is 234 g/mol. The number of aromatic hydroxyl groups is 1. The van der Waals surface area contributed by atoms with Crippen LogP contribution in [0.3, 0.4) is 0 Å². The molecule has 0 saturated carbocycles. The fourth-order valence-corrected chi connectivity index (χ4v) is 2.42. The van der Waals surface area contributed by atoms with E-state index in [1.807, 2.05) is 12.1 Å². The van der Waals surface area contributed by atoms with E-state index in [9.17, 15) is 5.11 Å². The van der Waals surface area contributed by atoms with E-state index < -0.39 is 0 Å². The van der Waals surface area contributed by atoms with Gasteiger partial charge in [-0.15, -0.1) is 0 Å². The Balaban J connectivity index is 1.99. The Morgan fingerprint density at radius 1 is 1.29 bits per heavy atom. The van der Waals surface area contributed by atoms with Crippen LogP contribution in [0.15, 0.2) is 24.3 Å². The van der Waals surface area contributed by atoms with Crippen LogP contribution in [0.4, 0.5) is 0 Å². The summed E-state index contributed by atoms with van der Waals surface area (Å²) in [5, 5.41) is 12.8. The summed E-state index contributed by atoms with van der Waals surface area (Å²) in [5.41, 5.74) is 1.45. The summed E-state index contributed by atoms with van der Waals surface area (Å²) in [4.78, 5) is 2.48. The number of phenolic OH excluding ortho intramolecular Hbond substituents is 1. The molecule has 94 valence electrons. The molecule has 0 aromatic heterocycles. The lowest BCUT2D eigenvalue weighted by Gasteiger charge is -2.30. The molecule has 1 aromatic rings. The molecule has 1 aromatic carbocycles. The molecule has 2 rings (SSSR count). The van der Waals surface area contributed by atoms with Crippen LogP contribution in [0.2, 0.25) is 0 Å². The van der Waals surface area contributed by atoms with E-state index in [4.69, 9.17) is 0 Å². The molecule has 0 aliphatic carbocycles. The number of hydrogen-bond acceptors (Lipinski definition) is 3. The van der Waals surface area contributed by atoms with Gasteiger partial charge < -0.3 is 10.4 Å². The highest BCUT2D eigenvalue weighted by Gasteiger charge is 2.23. The standard InChI is InChI=1S/C14H22N2O/c1-14(2)11-16(9-3-8-15-14)10-12-4-6-13(17)7-5-12/h4-7,15,17H,3,8-11H2,1-2H3. The third kappa shape index (κ3) is 3.72. The third-order valence-electron chi connectivity index (χ3n) is 3.22. The molecule has 1 aliphatic heterocycles. The lowest BCUT2D eigenvalue weighted by molar-refractivity contribution is 0.224. The SMILES string of the molecule is CC1(C)CN(Cc2ccc(O)cc2)CCCN1. The fraction of sp³-hybridized carbons (Fsp3) is 0.571. The largest absolute Gasteiger partial charge is 0.508 e. The minimum Gasteiger partial charge on any atom is -0.508 e. The van der Waals surface area contributed by atoms with Gasteiger partial charge in [-0.05, 0) is 51.1 Å². The summed E-state index contributed by atoms with van der Waals surface area (Å²) < 4.78 is 0. The van der Waals surface area contributed by atoms with Gasteiger partial charge >= 0.3 is 0 Å². The van der Waals surface area contributed by atoms with E-state index in [0.29, 0.717) is 5.75 Å². The normalized spacial score (nSPS) is 21.1. The van der Waals surface area contributed by atoms with Gasteiger partial charge in [0.15, 0.2) is 0 Å². The van der Waals surface area contributed by atoms with Crippen LogP contribution >= 0.6 is 0 Å². The Kier molecular flexibility index (Phi) is 3.69. The summed E-state index contributed by atoms with van der Waals surface area (Å²) in [6.07, 6.45) is 1.20. The number of nitrogens with one attached hydrogen (secondary N) is 1. The van der Waals surface area contributed by atoms with Crippen LogP contribution in [0, 0.1) is 0 Å². The number of benzene rings is 1. The van der Waals surface area contributed by atoms with Crippen LogP contribution in [0.25, 0.3) is 0 Å². The molecule has 1 heterocycles. The van der Waals surface area contributed by atoms with E-state index in [0.717, 1.165) is 26.2 Å². The Hall–Kier alpha value is -1.06. The first-order valence-corrected chi connectivity index (χ1v) is 6.30. The second kappa shape index (κ2) is 5.07. The number of rotatable bonds is 2. The van der Waals surface area contributed by atoms with Gasteiger partial charge in [0.1, 0.15) is 5.75 Å². The molecular formula is C14H22N2O. The Morgan fingerprint density at radius 2 is 2.00 bits per heavy atom. The predicted molar refractivity (Wildman–Crippen MR) is 70.1 cm³/mol. The molecule has 0 radical (unpaired) electrons. The van der Waals surface area contributed by atoms with Crippen molar-refractivity contribution in [1.82, 2.24) is 10.2 Å². The van der Waals surface area contributed by atoms with Gasteiger partial charge in [-0.25, -0.2) is 0 Å². The minimum atomic E-state index is 0.188. The number of phenols is 1. The lowest BCUT2D eigenvalue weighted by Crippen LogP contribution is -2.46. The molecule has 3 nitrogen and oxygen atoms in total. The van der Waals surface area contributed by atoms with E-state index in [1.54, 1.807) is 12.1 Å². The van der Waals surface area contributed by atoms with Gasteiger partial charge in [-0.1, -0.05) is 12.1 Å². The molecule has 0 bridgehead atoms. The van der Waals surface area contributed by atoms with Gasteiger partial charge in [0.25, 0.3) is 0 Å². The van der Waals surface area contributed by atoms with Gasteiger partial charge in [-0.2, -0.15) is 0 Å². The summed E-state index contributed by atoms with van der Waals surface area (Å²) in [5.74, 6) is 0.339. The summed E-state index contributed by atoms with van der Waals surface area (Å²) in [6, 6.07) is 7.52. The molecule has 0 amide bonds. The van der Waals surface area contributed by atoms with Crippen molar-refractivity contribution in [2.24, 2.45) is 0 Å². The van der Waals surface area contributed by atoms with Crippen molar-refractivity contribution in [2.75, 3.05) is 19.6 Å². The topological polar surface area (TPSA) is 35.5 Å². The zero-order valence-electron chi connectivity index (χ0n) is 10.7. The maximum absolute atomic E-state index is 9.27. The van der Waals surface area contributed by atoms with Crippen molar-refractivity contribution in [3.8, 4) is 5.75 Å². The summed E-state index contributed by atoms with van der Waals surface area (Å²) >= 11 is 0. The van der Waals surface area contributed by atoms with Gasteiger partial charge in [0, 0.05) is 18.6 Å². The predicted octanol–water partition coefficient (Wildman–Crippen LogP) is 1.97. The average Bonchev–Trinajstić information content (AvgIpc) is 2.43. The van der Waals surface area contributed by atoms with Crippen molar-refractivity contribution in [2.45, 2.75) is 32.4 Å². The first-order chi connectivity index (χ1) is 8.05. The second-order valence-electron chi connectivity index (χ2n) is 5.54. The number of hydrogen-bond donors (Lipinski definition) is 2. The van der Waals surface area contributed by atoms with Crippen molar-refractivity contribution in [1.29, 1.82) is 0 Å². The van der Waals surface area contributed by atoms with Crippen LogP contribution in [-0.4, -0.2) is 35.2 Å². The van der Waals surface area contributed by atoms with Crippen LogP contribution in [0.1, 0.15) is 25.8 Å². The zero-order chi connectivity index (χ0) is 12.3. The summed E-state index contributed by atoms with van der Waals surface area (Å²) in [7, 11) is 0. The molecule has 1 fully saturated rings. The van der Waals surface area contributed by atoms with Gasteiger partial charge in [-0.3, -0.25) is 4.90 Å². The fourth-order valence-electron chi connectivity index (χ4n) is 2.42. The highest BCUT2D eigenvalue weighted by molar-refractivity contribution is 5.25. The van der Waals surface area contributed by atoms with Crippen molar-refractivity contribution in [3.05, 3.63) is 29.8 Å². The molecule has 1 saturated heterocycles. The van der Waals surface area contributed by atoms with E-state index in [1.165, 1.54) is 12.0 Å². The minimum absolute atomic E-state index is 0.188. The van der Waals surface area contributed by atoms with Crippen molar-refractivity contribution in [3.63, 3.8) is 0 Å². The zero-order valence-corrected chi connectivity index (χ0v) is 10.7. The highest BCUT2D eigenvalue weighted by atomic mass is 16.3. The quantitative estimate of drug-likeness (QED) is 0.821. The summed E-state index contributed by atoms with van der Waals surface area (Å²) in [6.45, 7) is 8.76. The third-order valence-corrected chi connectivity index (χ3v) is 3.22. The Bertz CT molecular complexity index is 359. The van der Waals surface area contributed by atoms with E-state index in [-0.39, 0.29) is 5.54 Å². The molecule has 0 unspecified atom stereocenters. The van der Waals surface area contributed by atoms with Crippen molar-refractivity contribution < 1.29 is 5.11 Å². The van der Waals surface area contributed by atoms with Crippen molar-refractivity contribution >= 4 is 0 Å². The van der Waals surface area contributed by atoms with Crippen LogP contribution in [0.5, 0.6) is 5.75 Å². The van der Waals surface area contributed by atoms with E-state index >= 15 is 0 Å². The monoisotopic (exact) mass is 234 g/mol. The van der Waals surface area contributed by atoms with Gasteiger partial charge in [0.2, 0.25) is 0 Å². The number of nitrogens with zero attached hydrogens (tertiary/aromatic N) is 1. The highest BCUT2D eigenvalue weighted by Crippen LogP contribution is 2.15. The maximum Gasteiger partial charge on any atom is 0.115 e. The lowest BCUT2D eigenvalue weighted by atomic mass is 10.1. The molecule has 0 spiro atoms. The smallest absolute Gasteiger partial charge is 0.115 e. The molecule has 17 heavy (non-hydrogen) atoms. The van der Waals surface area contributed by atoms with Gasteiger partial charge in [0.05, 0.1) is 0 Å². The Labute approximate surface area is 103 Å². The Morgan fingerprint density at radius 3 is 2.71 bits per heavy atom. The second-order valence-corrected chi connectivity index (χ2v) is 5.54. The van der Waals surface area contributed by atoms with Crippen LogP contribution < -0.4 is 5.32 Å². The first-order valence-electron chi connectivity index (χ1n) is 6.30.